The predicted octanol–water partition coefficient (Wildman–Crippen LogP) is 4.63. The average Bonchev–Trinajstić information content (AvgIpc) is 2.68. The van der Waals surface area contributed by atoms with Crippen LogP contribution in [-0.4, -0.2) is 30.5 Å². The maximum absolute atomic E-state index is 12.3. The zero-order chi connectivity index (χ0) is 23.0. The average molecular weight is 446 g/mol. The molecule has 0 saturated heterocycles. The second kappa shape index (κ2) is 11.0. The number of halogens is 1. The minimum atomic E-state index is -0.322. The highest BCUT2D eigenvalue weighted by molar-refractivity contribution is 6.30. The summed E-state index contributed by atoms with van der Waals surface area (Å²) < 4.78 is 5.73. The molecular formula is C24H32ClN3O3. The number of ether oxygens (including phenoxy) is 1. The fourth-order valence-corrected chi connectivity index (χ4v) is 2.99. The van der Waals surface area contributed by atoms with Crippen molar-refractivity contribution in [1.29, 1.82) is 0 Å². The molecule has 6 nitrogen and oxygen atoms in total. The first-order chi connectivity index (χ1) is 14.5. The summed E-state index contributed by atoms with van der Waals surface area (Å²) in [7, 11) is 0. The van der Waals surface area contributed by atoms with Crippen LogP contribution >= 0.6 is 11.6 Å². The van der Waals surface area contributed by atoms with Crippen molar-refractivity contribution in [2.45, 2.75) is 46.7 Å². The number of carbonyl (C=O) groups is 2. The molecule has 0 aliphatic heterocycles. The Morgan fingerprint density at radius 3 is 2.52 bits per heavy atom. The van der Waals surface area contributed by atoms with Crippen molar-refractivity contribution in [3.8, 4) is 5.75 Å². The van der Waals surface area contributed by atoms with E-state index in [0.29, 0.717) is 35.3 Å². The number of rotatable bonds is 9. The predicted molar refractivity (Wildman–Crippen MR) is 126 cm³/mol. The van der Waals surface area contributed by atoms with Gasteiger partial charge in [0.2, 0.25) is 0 Å². The molecule has 0 aliphatic rings. The molecule has 0 aromatic heterocycles. The Bertz CT molecular complexity index is 907. The van der Waals surface area contributed by atoms with Crippen molar-refractivity contribution in [2.24, 2.45) is 5.92 Å². The molecule has 2 aromatic rings. The molecule has 168 valence electrons. The quantitative estimate of drug-likeness (QED) is 0.525. The lowest BCUT2D eigenvalue weighted by molar-refractivity contribution is -0.124. The lowest BCUT2D eigenvalue weighted by Gasteiger charge is -2.21. The third kappa shape index (κ3) is 8.89. The van der Waals surface area contributed by atoms with E-state index in [-0.39, 0.29) is 24.0 Å². The van der Waals surface area contributed by atoms with E-state index in [1.807, 2.05) is 32.9 Å². The van der Waals surface area contributed by atoms with Gasteiger partial charge in [0.15, 0.2) is 6.61 Å². The summed E-state index contributed by atoms with van der Waals surface area (Å²) in [6, 6.07) is 12.6. The van der Waals surface area contributed by atoms with Gasteiger partial charge in [-0.05, 0) is 63.1 Å². The maximum atomic E-state index is 12.3. The Morgan fingerprint density at radius 1 is 1.10 bits per heavy atom. The van der Waals surface area contributed by atoms with Crippen molar-refractivity contribution in [1.82, 2.24) is 10.6 Å². The Labute approximate surface area is 189 Å². The molecule has 0 saturated carbocycles. The van der Waals surface area contributed by atoms with Gasteiger partial charge in [-0.2, -0.15) is 0 Å². The van der Waals surface area contributed by atoms with Gasteiger partial charge in [-0.15, -0.1) is 0 Å². The fourth-order valence-electron chi connectivity index (χ4n) is 2.79. The van der Waals surface area contributed by atoms with Crippen LogP contribution in [0.1, 0.15) is 50.5 Å². The largest absolute Gasteiger partial charge is 0.483 e. The number of hydrogen-bond donors (Lipinski definition) is 3. The maximum Gasteiger partial charge on any atom is 0.258 e. The summed E-state index contributed by atoms with van der Waals surface area (Å²) in [6.45, 7) is 10.8. The van der Waals surface area contributed by atoms with Crippen LogP contribution in [0.3, 0.4) is 0 Å². The molecule has 3 N–H and O–H groups in total. The van der Waals surface area contributed by atoms with Crippen LogP contribution in [0.2, 0.25) is 5.02 Å². The van der Waals surface area contributed by atoms with Gasteiger partial charge in [0.05, 0.1) is 0 Å². The summed E-state index contributed by atoms with van der Waals surface area (Å²) in [5.74, 6) is 0.666. The SMILES string of the molecule is CC(C)CNC(=O)c1cccc(NCc2cc(Cl)ccc2OCC(=O)NC(C)(C)C)c1. The Balaban J connectivity index is 2.03. The number of benzene rings is 2. The molecule has 2 amide bonds. The van der Waals surface area contributed by atoms with Crippen LogP contribution in [0.25, 0.3) is 0 Å². The smallest absolute Gasteiger partial charge is 0.258 e. The highest BCUT2D eigenvalue weighted by atomic mass is 35.5. The van der Waals surface area contributed by atoms with E-state index in [0.717, 1.165) is 11.3 Å². The molecule has 0 radical (unpaired) electrons. The van der Waals surface area contributed by atoms with Gasteiger partial charge in [-0.1, -0.05) is 31.5 Å². The van der Waals surface area contributed by atoms with E-state index in [1.165, 1.54) is 0 Å². The zero-order valence-electron chi connectivity index (χ0n) is 18.8. The van der Waals surface area contributed by atoms with Gasteiger partial charge < -0.3 is 20.7 Å². The van der Waals surface area contributed by atoms with E-state index in [1.54, 1.807) is 30.3 Å². The molecule has 7 heteroatoms. The number of nitrogens with one attached hydrogen (secondary N) is 3. The highest BCUT2D eigenvalue weighted by Crippen LogP contribution is 2.24. The van der Waals surface area contributed by atoms with Gasteiger partial charge in [-0.3, -0.25) is 9.59 Å². The lowest BCUT2D eigenvalue weighted by Crippen LogP contribution is -2.43. The van der Waals surface area contributed by atoms with Crippen molar-refractivity contribution in [3.63, 3.8) is 0 Å². The molecule has 0 unspecified atom stereocenters. The standard InChI is InChI=1S/C24H32ClN3O3/c1-16(2)13-27-23(30)17-7-6-8-20(12-17)26-14-18-11-19(25)9-10-21(18)31-15-22(29)28-24(3,4)5/h6-12,16,26H,13-15H2,1-5H3,(H,27,30)(H,28,29). The van der Waals surface area contributed by atoms with Gasteiger partial charge in [0.1, 0.15) is 5.75 Å². The number of hydrogen-bond acceptors (Lipinski definition) is 4. The summed E-state index contributed by atoms with van der Waals surface area (Å²) >= 11 is 6.16. The molecule has 2 rings (SSSR count). The topological polar surface area (TPSA) is 79.5 Å². The van der Waals surface area contributed by atoms with Gasteiger partial charge >= 0.3 is 0 Å². The minimum absolute atomic E-state index is 0.0859. The first-order valence-corrected chi connectivity index (χ1v) is 10.8. The first-order valence-electron chi connectivity index (χ1n) is 10.4. The molecule has 0 spiro atoms. The van der Waals surface area contributed by atoms with Crippen LogP contribution in [0.4, 0.5) is 5.69 Å². The highest BCUT2D eigenvalue weighted by Gasteiger charge is 2.15. The number of anilines is 1. The zero-order valence-corrected chi connectivity index (χ0v) is 19.6. The van der Waals surface area contributed by atoms with Crippen molar-refractivity contribution < 1.29 is 14.3 Å². The van der Waals surface area contributed by atoms with Gasteiger partial charge in [0, 0.05) is 40.5 Å². The molecule has 2 aromatic carbocycles. The van der Waals surface area contributed by atoms with Crippen LogP contribution in [0.15, 0.2) is 42.5 Å². The van der Waals surface area contributed by atoms with Crippen molar-refractivity contribution in [2.75, 3.05) is 18.5 Å². The fraction of sp³-hybridized carbons (Fsp3) is 0.417. The van der Waals surface area contributed by atoms with E-state index >= 15 is 0 Å². The molecule has 0 bridgehead atoms. The molecule has 0 fully saturated rings. The monoisotopic (exact) mass is 445 g/mol. The lowest BCUT2D eigenvalue weighted by atomic mass is 10.1. The minimum Gasteiger partial charge on any atom is -0.483 e. The Kier molecular flexibility index (Phi) is 8.75. The van der Waals surface area contributed by atoms with E-state index in [4.69, 9.17) is 16.3 Å². The normalized spacial score (nSPS) is 11.2. The van der Waals surface area contributed by atoms with E-state index in [9.17, 15) is 9.59 Å². The number of carbonyl (C=O) groups excluding carboxylic acids is 2. The summed E-state index contributed by atoms with van der Waals surface area (Å²) in [5.41, 5.74) is 1.88. The first kappa shape index (κ1) is 24.5. The molecular weight excluding hydrogens is 414 g/mol. The van der Waals surface area contributed by atoms with Crippen LogP contribution in [0, 0.1) is 5.92 Å². The Hall–Kier alpha value is -2.73. The summed E-state index contributed by atoms with van der Waals surface area (Å²) in [5, 5.41) is 9.66. The molecule has 0 heterocycles. The van der Waals surface area contributed by atoms with Gasteiger partial charge in [-0.25, -0.2) is 0 Å². The van der Waals surface area contributed by atoms with Crippen molar-refractivity contribution >= 4 is 29.1 Å². The van der Waals surface area contributed by atoms with Crippen LogP contribution in [0.5, 0.6) is 5.75 Å². The molecule has 31 heavy (non-hydrogen) atoms. The van der Waals surface area contributed by atoms with Gasteiger partial charge in [0.25, 0.3) is 11.8 Å². The third-order valence-electron chi connectivity index (χ3n) is 4.17. The van der Waals surface area contributed by atoms with Crippen LogP contribution in [-0.2, 0) is 11.3 Å². The molecule has 0 aliphatic carbocycles. The summed E-state index contributed by atoms with van der Waals surface area (Å²) in [6.07, 6.45) is 0. The third-order valence-corrected chi connectivity index (χ3v) is 4.41. The van der Waals surface area contributed by atoms with Crippen LogP contribution < -0.4 is 20.7 Å². The second-order valence-electron chi connectivity index (χ2n) is 8.88. The molecule has 0 atom stereocenters. The number of amides is 2. The Morgan fingerprint density at radius 2 is 1.84 bits per heavy atom. The van der Waals surface area contributed by atoms with E-state index in [2.05, 4.69) is 29.8 Å². The van der Waals surface area contributed by atoms with Crippen molar-refractivity contribution in [3.05, 3.63) is 58.6 Å². The second-order valence-corrected chi connectivity index (χ2v) is 9.31. The summed E-state index contributed by atoms with van der Waals surface area (Å²) in [4.78, 5) is 24.4. The van der Waals surface area contributed by atoms with E-state index < -0.39 is 0 Å².